The molecule has 1 saturated heterocycles. The van der Waals surface area contributed by atoms with Crippen molar-refractivity contribution in [2.24, 2.45) is 0 Å². The zero-order valence-electron chi connectivity index (χ0n) is 21.0. The highest BCUT2D eigenvalue weighted by Gasteiger charge is 2.29. The summed E-state index contributed by atoms with van der Waals surface area (Å²) in [7, 11) is -3.70. The van der Waals surface area contributed by atoms with Crippen LogP contribution in [0.25, 0.3) is 10.2 Å². The highest BCUT2D eigenvalue weighted by Crippen LogP contribution is 2.33. The van der Waals surface area contributed by atoms with E-state index in [9.17, 15) is 13.2 Å². The molecule has 0 unspecified atom stereocenters. The first kappa shape index (κ1) is 25.2. The number of aryl methyl sites for hydroxylation is 1. The van der Waals surface area contributed by atoms with E-state index in [4.69, 9.17) is 4.98 Å². The first-order chi connectivity index (χ1) is 18.4. The maximum absolute atomic E-state index is 13.4. The molecule has 1 amide bonds. The number of thioether (sulfide) groups is 1. The Morgan fingerprint density at radius 1 is 0.947 bits per heavy atom. The number of para-hydroxylation sites is 1. The van der Waals surface area contributed by atoms with E-state index in [-0.39, 0.29) is 10.8 Å². The number of amides is 1. The molecule has 7 nitrogen and oxygen atoms in total. The van der Waals surface area contributed by atoms with Gasteiger partial charge in [0.1, 0.15) is 0 Å². The van der Waals surface area contributed by atoms with Crippen LogP contribution < -0.4 is 9.21 Å². The number of carbonyl (C=O) groups is 1. The minimum Gasteiger partial charge on any atom is -0.345 e. The van der Waals surface area contributed by atoms with Crippen molar-refractivity contribution in [2.45, 2.75) is 22.6 Å². The molecule has 0 spiro atoms. The Kier molecular flexibility index (Phi) is 6.79. The summed E-state index contributed by atoms with van der Waals surface area (Å²) in [5.41, 5.74) is 3.30. The number of nitrogens with zero attached hydrogens (tertiary/aromatic N) is 4. The van der Waals surface area contributed by atoms with Crippen LogP contribution in [0.15, 0.2) is 76.5 Å². The van der Waals surface area contributed by atoms with Gasteiger partial charge in [-0.1, -0.05) is 29.5 Å². The quantitative estimate of drug-likeness (QED) is 0.313. The van der Waals surface area contributed by atoms with Gasteiger partial charge < -0.3 is 9.80 Å². The first-order valence-electron chi connectivity index (χ1n) is 12.6. The van der Waals surface area contributed by atoms with Crippen molar-refractivity contribution in [2.75, 3.05) is 48.2 Å². The second kappa shape index (κ2) is 10.2. The fourth-order valence-corrected chi connectivity index (χ4v) is 8.20. The van der Waals surface area contributed by atoms with Gasteiger partial charge in [0.25, 0.3) is 15.9 Å². The fraction of sp³-hybridized carbons (Fsp3) is 0.286. The number of sulfonamides is 1. The van der Waals surface area contributed by atoms with E-state index < -0.39 is 10.0 Å². The van der Waals surface area contributed by atoms with Crippen LogP contribution >= 0.6 is 23.1 Å². The molecule has 0 saturated carbocycles. The summed E-state index contributed by atoms with van der Waals surface area (Å²) in [6, 6.07) is 20.4. The standard InChI is InChI=1S/C28H28N4O3S3/c1-36-22-10-13-24-26(19-22)37-28(29-24)31-17-15-30(16-18-31)27(33)21-8-11-23(12-9-21)38(34,35)32-14-4-6-20-5-2-3-7-25(20)32/h2-3,5,7-13,19H,4,6,14-18H2,1H3. The van der Waals surface area contributed by atoms with Gasteiger partial charge in [0.15, 0.2) is 5.13 Å². The lowest BCUT2D eigenvalue weighted by atomic mass is 10.0. The summed E-state index contributed by atoms with van der Waals surface area (Å²) < 4.78 is 29.5. The van der Waals surface area contributed by atoms with Gasteiger partial charge in [0.2, 0.25) is 0 Å². The molecule has 3 heterocycles. The molecule has 3 aromatic carbocycles. The van der Waals surface area contributed by atoms with E-state index in [2.05, 4.69) is 29.4 Å². The maximum Gasteiger partial charge on any atom is 0.264 e. The number of anilines is 2. The Labute approximate surface area is 231 Å². The summed E-state index contributed by atoms with van der Waals surface area (Å²) in [5.74, 6) is -0.0779. The zero-order chi connectivity index (χ0) is 26.3. The molecular weight excluding hydrogens is 537 g/mol. The number of rotatable bonds is 5. The third-order valence-corrected chi connectivity index (χ3v) is 10.8. The number of piperazine rings is 1. The predicted molar refractivity (Wildman–Crippen MR) is 155 cm³/mol. The van der Waals surface area contributed by atoms with E-state index in [1.807, 2.05) is 29.2 Å². The molecule has 4 aromatic rings. The molecule has 0 bridgehead atoms. The van der Waals surface area contributed by atoms with Gasteiger partial charge in [-0.2, -0.15) is 0 Å². The molecule has 0 radical (unpaired) electrons. The summed E-state index contributed by atoms with van der Waals surface area (Å²) in [5, 5.41) is 0.985. The third kappa shape index (κ3) is 4.65. The second-order valence-corrected chi connectivity index (χ2v) is 13.2. The molecule has 10 heteroatoms. The van der Waals surface area contributed by atoms with Gasteiger partial charge in [-0.15, -0.1) is 11.8 Å². The average molecular weight is 565 g/mol. The summed E-state index contributed by atoms with van der Waals surface area (Å²) in [6.45, 7) is 3.06. The van der Waals surface area contributed by atoms with E-state index in [0.717, 1.165) is 34.7 Å². The van der Waals surface area contributed by atoms with Crippen LogP contribution in [0.2, 0.25) is 0 Å². The summed E-state index contributed by atoms with van der Waals surface area (Å²) in [4.78, 5) is 23.5. The Balaban J connectivity index is 1.13. The predicted octanol–water partition coefficient (Wildman–Crippen LogP) is 5.12. The van der Waals surface area contributed by atoms with Gasteiger partial charge in [0, 0.05) is 43.2 Å². The molecule has 2 aliphatic rings. The normalized spacial score (nSPS) is 16.1. The van der Waals surface area contributed by atoms with Crippen molar-refractivity contribution in [3.05, 3.63) is 77.9 Å². The lowest BCUT2D eigenvalue weighted by Gasteiger charge is -2.34. The van der Waals surface area contributed by atoms with Gasteiger partial charge in [-0.25, -0.2) is 13.4 Å². The lowest BCUT2D eigenvalue weighted by molar-refractivity contribution is 0.0746. The van der Waals surface area contributed by atoms with Crippen LogP contribution in [0.5, 0.6) is 0 Å². The molecular formula is C28H28N4O3S3. The molecule has 196 valence electrons. The van der Waals surface area contributed by atoms with Crippen LogP contribution in [0.1, 0.15) is 22.3 Å². The molecule has 6 rings (SSSR count). The van der Waals surface area contributed by atoms with Crippen molar-refractivity contribution in [1.29, 1.82) is 0 Å². The van der Waals surface area contributed by atoms with Gasteiger partial charge in [-0.05, 0) is 73.2 Å². The van der Waals surface area contributed by atoms with Crippen LogP contribution in [0, 0.1) is 0 Å². The minimum atomic E-state index is -3.70. The monoisotopic (exact) mass is 564 g/mol. The van der Waals surface area contributed by atoms with E-state index in [0.29, 0.717) is 38.3 Å². The van der Waals surface area contributed by atoms with Gasteiger partial charge in [0.05, 0.1) is 20.8 Å². The van der Waals surface area contributed by atoms with E-state index >= 15 is 0 Å². The van der Waals surface area contributed by atoms with Crippen molar-refractivity contribution >= 4 is 60.1 Å². The number of aromatic nitrogens is 1. The number of hydrogen-bond donors (Lipinski definition) is 0. The minimum absolute atomic E-state index is 0.0779. The summed E-state index contributed by atoms with van der Waals surface area (Å²) >= 11 is 3.41. The molecule has 0 aliphatic carbocycles. The molecule has 38 heavy (non-hydrogen) atoms. The molecule has 1 fully saturated rings. The average Bonchev–Trinajstić information content (AvgIpc) is 3.40. The van der Waals surface area contributed by atoms with Crippen LogP contribution in [-0.4, -0.2) is 63.2 Å². The zero-order valence-corrected chi connectivity index (χ0v) is 23.5. The Bertz CT molecular complexity index is 1590. The number of thiazole rings is 1. The van der Waals surface area contributed by atoms with E-state index in [1.165, 1.54) is 13.9 Å². The lowest BCUT2D eigenvalue weighted by Crippen LogP contribution is -2.48. The van der Waals surface area contributed by atoms with Crippen LogP contribution in [0.4, 0.5) is 10.8 Å². The highest BCUT2D eigenvalue weighted by molar-refractivity contribution is 7.98. The number of carbonyl (C=O) groups excluding carboxylic acids is 1. The first-order valence-corrected chi connectivity index (χ1v) is 16.1. The van der Waals surface area contributed by atoms with Gasteiger partial charge in [-0.3, -0.25) is 9.10 Å². The third-order valence-electron chi connectivity index (χ3n) is 7.18. The van der Waals surface area contributed by atoms with E-state index in [1.54, 1.807) is 47.4 Å². The van der Waals surface area contributed by atoms with Crippen molar-refractivity contribution in [3.8, 4) is 0 Å². The number of fused-ring (bicyclic) bond motifs is 2. The highest BCUT2D eigenvalue weighted by atomic mass is 32.2. The largest absolute Gasteiger partial charge is 0.345 e. The summed E-state index contributed by atoms with van der Waals surface area (Å²) in [6.07, 6.45) is 3.73. The maximum atomic E-state index is 13.4. The second-order valence-electron chi connectivity index (χ2n) is 9.44. The number of hydrogen-bond acceptors (Lipinski definition) is 7. The van der Waals surface area contributed by atoms with Crippen molar-refractivity contribution < 1.29 is 13.2 Å². The molecule has 1 aromatic heterocycles. The Hall–Kier alpha value is -3.08. The SMILES string of the molecule is CSc1ccc2nc(N3CCN(C(=O)c4ccc(S(=O)(=O)N5CCCc6ccccc65)cc4)CC3)sc2c1. The fourth-order valence-electron chi connectivity index (χ4n) is 5.08. The van der Waals surface area contributed by atoms with Crippen molar-refractivity contribution in [1.82, 2.24) is 9.88 Å². The Morgan fingerprint density at radius 2 is 1.71 bits per heavy atom. The topological polar surface area (TPSA) is 73.8 Å². The van der Waals surface area contributed by atoms with Crippen LogP contribution in [0.3, 0.4) is 0 Å². The molecule has 2 aliphatic heterocycles. The van der Waals surface area contributed by atoms with Crippen molar-refractivity contribution in [3.63, 3.8) is 0 Å². The van der Waals surface area contributed by atoms with Crippen LogP contribution in [-0.2, 0) is 16.4 Å². The molecule has 0 atom stereocenters. The van der Waals surface area contributed by atoms with Gasteiger partial charge >= 0.3 is 0 Å². The Morgan fingerprint density at radius 3 is 2.47 bits per heavy atom. The molecule has 0 N–H and O–H groups in total. The smallest absolute Gasteiger partial charge is 0.264 e. The number of benzene rings is 3.